The van der Waals surface area contributed by atoms with Crippen LogP contribution < -0.4 is 20.9 Å². The fraction of sp³-hybridized carbons (Fsp3) is 0.261. The van der Waals surface area contributed by atoms with Gasteiger partial charge < -0.3 is 15.5 Å². The van der Waals surface area contributed by atoms with Crippen LogP contribution in [0.4, 0.5) is 16.4 Å². The summed E-state index contributed by atoms with van der Waals surface area (Å²) in [5.74, 6) is 1.10. The smallest absolute Gasteiger partial charge is 0.320 e. The van der Waals surface area contributed by atoms with E-state index >= 15 is 0 Å². The van der Waals surface area contributed by atoms with E-state index in [0.29, 0.717) is 35.6 Å². The molecule has 0 aliphatic carbocycles. The fourth-order valence-corrected chi connectivity index (χ4v) is 4.06. The number of hydrogen-bond acceptors (Lipinski definition) is 6. The molecule has 10 heteroatoms. The number of pyridine rings is 1. The van der Waals surface area contributed by atoms with Crippen LogP contribution in [0.25, 0.3) is 16.6 Å². The van der Waals surface area contributed by atoms with Gasteiger partial charge in [0.2, 0.25) is 0 Å². The molecule has 0 bridgehead atoms. The Balaban J connectivity index is 1.26. The standard InChI is InChI=1S/C23H24N8O2/c1-2-24-23(33)28-18-14-31-19(27-18)8-9-20(29-31)30-12-10-16(13-30)26-22(32)17-7-3-5-15-6-4-11-25-21(15)17/h3-9,11,14,16H,2,10,12-13H2,1H3,(H,26,32)(H2,24,28,33)/t16-/m0/s1. The summed E-state index contributed by atoms with van der Waals surface area (Å²) in [5.41, 5.74) is 1.92. The second-order valence-electron chi connectivity index (χ2n) is 7.89. The molecule has 3 N–H and O–H groups in total. The van der Waals surface area contributed by atoms with Crippen LogP contribution in [-0.4, -0.2) is 57.2 Å². The van der Waals surface area contributed by atoms with Gasteiger partial charge in [-0.25, -0.2) is 14.3 Å². The average Bonchev–Trinajstić information content (AvgIpc) is 3.44. The molecule has 3 amide bonds. The third-order valence-electron chi connectivity index (χ3n) is 5.61. The quantitative estimate of drug-likeness (QED) is 0.435. The molecule has 1 aliphatic heterocycles. The minimum absolute atomic E-state index is 0.00622. The fourth-order valence-electron chi connectivity index (χ4n) is 4.06. The maximum atomic E-state index is 12.9. The molecule has 0 radical (unpaired) electrons. The average molecular weight is 444 g/mol. The predicted octanol–water partition coefficient (Wildman–Crippen LogP) is 2.43. The van der Waals surface area contributed by atoms with Crippen LogP contribution >= 0.6 is 0 Å². The van der Waals surface area contributed by atoms with Crippen LogP contribution in [0, 0.1) is 0 Å². The van der Waals surface area contributed by atoms with Crippen molar-refractivity contribution in [2.75, 3.05) is 29.9 Å². The monoisotopic (exact) mass is 444 g/mol. The SMILES string of the molecule is CCNC(=O)Nc1cn2nc(N3CC[C@H](NC(=O)c4cccc5cccnc45)C3)ccc2n1. The highest BCUT2D eigenvalue weighted by atomic mass is 16.2. The summed E-state index contributed by atoms with van der Waals surface area (Å²) in [7, 11) is 0. The highest BCUT2D eigenvalue weighted by Crippen LogP contribution is 2.21. The third kappa shape index (κ3) is 4.27. The Morgan fingerprint density at radius 2 is 2.03 bits per heavy atom. The minimum atomic E-state index is -0.305. The van der Waals surface area contributed by atoms with Crippen molar-refractivity contribution in [2.24, 2.45) is 0 Å². The number of urea groups is 1. The highest BCUT2D eigenvalue weighted by Gasteiger charge is 2.26. The van der Waals surface area contributed by atoms with Crippen LogP contribution in [0.5, 0.6) is 0 Å². The molecule has 1 fully saturated rings. The molecule has 168 valence electrons. The molecule has 1 aromatic carbocycles. The first kappa shape index (κ1) is 20.7. The van der Waals surface area contributed by atoms with Crippen molar-refractivity contribution in [2.45, 2.75) is 19.4 Å². The maximum Gasteiger partial charge on any atom is 0.320 e. The Bertz CT molecular complexity index is 1330. The van der Waals surface area contributed by atoms with Gasteiger partial charge in [0.05, 0.1) is 17.3 Å². The molecular weight excluding hydrogens is 420 g/mol. The molecule has 5 rings (SSSR count). The zero-order chi connectivity index (χ0) is 22.8. The van der Waals surface area contributed by atoms with Crippen LogP contribution in [0.15, 0.2) is 54.9 Å². The van der Waals surface area contributed by atoms with E-state index < -0.39 is 0 Å². The molecule has 3 aromatic heterocycles. The molecule has 0 spiro atoms. The number of aromatic nitrogens is 4. The highest BCUT2D eigenvalue weighted by molar-refractivity contribution is 6.05. The third-order valence-corrected chi connectivity index (χ3v) is 5.61. The van der Waals surface area contributed by atoms with Crippen LogP contribution in [0.2, 0.25) is 0 Å². The Morgan fingerprint density at radius 3 is 2.91 bits per heavy atom. The van der Waals surface area contributed by atoms with Gasteiger partial charge in [-0.3, -0.25) is 15.1 Å². The summed E-state index contributed by atoms with van der Waals surface area (Å²) in [4.78, 5) is 35.5. The number of amides is 3. The Hall–Kier alpha value is -4.21. The molecule has 4 heterocycles. The zero-order valence-electron chi connectivity index (χ0n) is 18.2. The molecule has 1 aliphatic rings. The predicted molar refractivity (Wildman–Crippen MR) is 126 cm³/mol. The van der Waals surface area contributed by atoms with Gasteiger partial charge in [-0.1, -0.05) is 18.2 Å². The van der Waals surface area contributed by atoms with Crippen molar-refractivity contribution in [3.63, 3.8) is 0 Å². The summed E-state index contributed by atoms with van der Waals surface area (Å²) in [6, 6.07) is 12.9. The summed E-state index contributed by atoms with van der Waals surface area (Å²) < 4.78 is 1.64. The van der Waals surface area contributed by atoms with Crippen molar-refractivity contribution in [1.82, 2.24) is 30.2 Å². The number of nitrogens with one attached hydrogen (secondary N) is 3. The minimum Gasteiger partial charge on any atom is -0.353 e. The topological polar surface area (TPSA) is 117 Å². The summed E-state index contributed by atoms with van der Waals surface area (Å²) >= 11 is 0. The van der Waals surface area contributed by atoms with Gasteiger partial charge in [0.25, 0.3) is 5.91 Å². The van der Waals surface area contributed by atoms with Gasteiger partial charge >= 0.3 is 6.03 Å². The van der Waals surface area contributed by atoms with Gasteiger partial charge in [-0.15, -0.1) is 5.10 Å². The Morgan fingerprint density at radius 1 is 1.15 bits per heavy atom. The zero-order valence-corrected chi connectivity index (χ0v) is 18.2. The van der Waals surface area contributed by atoms with E-state index in [-0.39, 0.29) is 18.0 Å². The molecular formula is C23H24N8O2. The van der Waals surface area contributed by atoms with Gasteiger partial charge in [0.1, 0.15) is 5.82 Å². The first-order chi connectivity index (χ1) is 16.1. The second kappa shape index (κ2) is 8.73. The number of imidazole rings is 1. The summed E-state index contributed by atoms with van der Waals surface area (Å²) in [6.45, 7) is 3.81. The van der Waals surface area contributed by atoms with Crippen molar-refractivity contribution >= 4 is 40.1 Å². The number of anilines is 2. The van der Waals surface area contributed by atoms with Gasteiger partial charge in [-0.05, 0) is 37.6 Å². The molecule has 33 heavy (non-hydrogen) atoms. The van der Waals surface area contributed by atoms with Crippen molar-refractivity contribution in [3.8, 4) is 0 Å². The lowest BCUT2D eigenvalue weighted by Gasteiger charge is -2.18. The first-order valence-corrected chi connectivity index (χ1v) is 10.9. The van der Waals surface area contributed by atoms with Crippen LogP contribution in [-0.2, 0) is 0 Å². The largest absolute Gasteiger partial charge is 0.353 e. The van der Waals surface area contributed by atoms with Crippen molar-refractivity contribution in [3.05, 3.63) is 60.4 Å². The van der Waals surface area contributed by atoms with E-state index in [0.717, 1.165) is 24.2 Å². The number of rotatable bonds is 5. The second-order valence-corrected chi connectivity index (χ2v) is 7.89. The van der Waals surface area contributed by atoms with E-state index in [1.165, 1.54) is 0 Å². The molecule has 0 unspecified atom stereocenters. The molecule has 10 nitrogen and oxygen atoms in total. The molecule has 4 aromatic rings. The Kier molecular flexibility index (Phi) is 5.47. The lowest BCUT2D eigenvalue weighted by Crippen LogP contribution is -2.37. The first-order valence-electron chi connectivity index (χ1n) is 10.9. The van der Waals surface area contributed by atoms with E-state index in [2.05, 4.69) is 35.9 Å². The van der Waals surface area contributed by atoms with Crippen molar-refractivity contribution < 1.29 is 9.59 Å². The lowest BCUT2D eigenvalue weighted by molar-refractivity contribution is 0.0942. The number of fused-ring (bicyclic) bond motifs is 2. The molecule has 0 saturated carbocycles. The number of carbonyl (C=O) groups excluding carboxylic acids is 2. The van der Waals surface area contributed by atoms with E-state index in [4.69, 9.17) is 0 Å². The van der Waals surface area contributed by atoms with Gasteiger partial charge in [0.15, 0.2) is 11.5 Å². The number of benzene rings is 1. The normalized spacial score (nSPS) is 15.7. The van der Waals surface area contributed by atoms with Gasteiger partial charge in [-0.2, -0.15) is 0 Å². The summed E-state index contributed by atoms with van der Waals surface area (Å²) in [5, 5.41) is 14.1. The van der Waals surface area contributed by atoms with E-state index in [1.807, 2.05) is 43.3 Å². The number of carbonyl (C=O) groups is 2. The van der Waals surface area contributed by atoms with Crippen molar-refractivity contribution in [1.29, 1.82) is 0 Å². The molecule has 1 saturated heterocycles. The van der Waals surface area contributed by atoms with E-state index in [9.17, 15) is 9.59 Å². The maximum absolute atomic E-state index is 12.9. The number of hydrogen-bond donors (Lipinski definition) is 3. The number of para-hydroxylation sites is 1. The van der Waals surface area contributed by atoms with Crippen LogP contribution in [0.1, 0.15) is 23.7 Å². The van der Waals surface area contributed by atoms with E-state index in [1.54, 1.807) is 23.0 Å². The Labute approximate surface area is 190 Å². The summed E-state index contributed by atoms with van der Waals surface area (Å²) in [6.07, 6.45) is 4.19. The van der Waals surface area contributed by atoms with Crippen LogP contribution in [0.3, 0.4) is 0 Å². The number of nitrogens with zero attached hydrogens (tertiary/aromatic N) is 5. The van der Waals surface area contributed by atoms with Gasteiger partial charge in [0, 0.05) is 37.3 Å². The molecule has 1 atom stereocenters. The lowest BCUT2D eigenvalue weighted by atomic mass is 10.1.